The number of carbonyl (C=O) groups excluding carboxylic acids is 1. The van der Waals surface area contributed by atoms with E-state index in [1.54, 1.807) is 29.2 Å². The van der Waals surface area contributed by atoms with Gasteiger partial charge in [0.15, 0.2) is 5.69 Å². The predicted molar refractivity (Wildman–Crippen MR) is 124 cm³/mol. The average Bonchev–Trinajstić information content (AvgIpc) is 3.62. The minimum Gasteiger partial charge on any atom is -0.336 e. The second kappa shape index (κ2) is 8.99. The van der Waals surface area contributed by atoms with E-state index in [0.29, 0.717) is 30.3 Å². The SMILES string of the molecule is CN[C@@H]1CCCN(C(=O)c2cc(-c3ccc(C#N)c(F)c3)n(-c3ccc(C4CC4)cc3F)n2)C1. The van der Waals surface area contributed by atoms with Crippen molar-refractivity contribution in [2.75, 3.05) is 20.1 Å². The molecule has 2 fully saturated rings. The van der Waals surface area contributed by atoms with Gasteiger partial charge in [0.1, 0.15) is 23.4 Å². The number of benzene rings is 2. The number of rotatable bonds is 5. The Labute approximate surface area is 196 Å². The minimum absolute atomic E-state index is 0.0856. The molecule has 1 aliphatic heterocycles. The van der Waals surface area contributed by atoms with Crippen LogP contribution in [0.25, 0.3) is 16.9 Å². The zero-order valence-corrected chi connectivity index (χ0v) is 18.9. The molecule has 6 nitrogen and oxygen atoms in total. The second-order valence-corrected chi connectivity index (χ2v) is 9.00. The Kier molecular flexibility index (Phi) is 5.88. The van der Waals surface area contributed by atoms with Gasteiger partial charge in [-0.05, 0) is 74.5 Å². The normalized spacial score (nSPS) is 18.1. The van der Waals surface area contributed by atoms with Gasteiger partial charge in [0.05, 0.1) is 11.3 Å². The molecule has 1 atom stereocenters. The van der Waals surface area contributed by atoms with Crippen LogP contribution in [-0.4, -0.2) is 46.8 Å². The Morgan fingerprint density at radius 1 is 1.12 bits per heavy atom. The van der Waals surface area contributed by atoms with Crippen LogP contribution in [0.5, 0.6) is 0 Å². The topological polar surface area (TPSA) is 74.0 Å². The molecule has 1 saturated heterocycles. The largest absolute Gasteiger partial charge is 0.336 e. The molecule has 34 heavy (non-hydrogen) atoms. The molecule has 1 N–H and O–H groups in total. The van der Waals surface area contributed by atoms with Gasteiger partial charge in [-0.3, -0.25) is 4.79 Å². The van der Waals surface area contributed by atoms with Crippen molar-refractivity contribution in [1.82, 2.24) is 20.0 Å². The molecular formula is C26H25F2N5O. The summed E-state index contributed by atoms with van der Waals surface area (Å²) in [5.74, 6) is -0.984. The molecule has 0 unspecified atom stereocenters. The third-order valence-corrected chi connectivity index (χ3v) is 6.68. The summed E-state index contributed by atoms with van der Waals surface area (Å²) in [5, 5.41) is 16.8. The molecule has 0 bridgehead atoms. The van der Waals surface area contributed by atoms with E-state index in [-0.39, 0.29) is 28.9 Å². The van der Waals surface area contributed by atoms with Gasteiger partial charge < -0.3 is 10.2 Å². The Morgan fingerprint density at radius 2 is 1.94 bits per heavy atom. The molecule has 2 aromatic carbocycles. The van der Waals surface area contributed by atoms with Crippen molar-refractivity contribution in [2.45, 2.75) is 37.6 Å². The first kappa shape index (κ1) is 22.2. The zero-order chi connectivity index (χ0) is 23.8. The number of piperidine rings is 1. The number of nitrogens with one attached hydrogen (secondary N) is 1. The van der Waals surface area contributed by atoms with Gasteiger partial charge in [0.25, 0.3) is 5.91 Å². The number of aromatic nitrogens is 2. The highest BCUT2D eigenvalue weighted by molar-refractivity contribution is 5.93. The minimum atomic E-state index is -0.682. The maximum atomic E-state index is 15.2. The average molecular weight is 462 g/mol. The van der Waals surface area contributed by atoms with E-state index in [1.165, 1.54) is 22.9 Å². The summed E-state index contributed by atoms with van der Waals surface area (Å²) in [7, 11) is 1.87. The van der Waals surface area contributed by atoms with Crippen LogP contribution in [0.15, 0.2) is 42.5 Å². The number of nitrogens with zero attached hydrogens (tertiary/aromatic N) is 4. The maximum Gasteiger partial charge on any atom is 0.274 e. The van der Waals surface area contributed by atoms with E-state index in [2.05, 4.69) is 10.4 Å². The van der Waals surface area contributed by atoms with Crippen molar-refractivity contribution in [3.63, 3.8) is 0 Å². The summed E-state index contributed by atoms with van der Waals surface area (Å²) in [5.41, 5.74) is 2.00. The highest BCUT2D eigenvalue weighted by Gasteiger charge is 2.28. The molecule has 2 aliphatic rings. The van der Waals surface area contributed by atoms with Crippen LogP contribution < -0.4 is 5.32 Å². The van der Waals surface area contributed by atoms with Gasteiger partial charge in [-0.2, -0.15) is 10.4 Å². The van der Waals surface area contributed by atoms with Gasteiger partial charge in [-0.15, -0.1) is 0 Å². The molecule has 1 saturated carbocycles. The van der Waals surface area contributed by atoms with Crippen LogP contribution in [-0.2, 0) is 0 Å². The molecular weight excluding hydrogens is 436 g/mol. The number of carbonyl (C=O) groups is 1. The van der Waals surface area contributed by atoms with E-state index in [9.17, 15) is 9.18 Å². The van der Waals surface area contributed by atoms with Crippen LogP contribution in [0.3, 0.4) is 0 Å². The van der Waals surface area contributed by atoms with Gasteiger partial charge in [-0.1, -0.05) is 12.1 Å². The number of halogens is 2. The number of hydrogen-bond acceptors (Lipinski definition) is 4. The van der Waals surface area contributed by atoms with Crippen LogP contribution in [0, 0.1) is 23.0 Å². The quantitative estimate of drug-likeness (QED) is 0.612. The van der Waals surface area contributed by atoms with Crippen LogP contribution in [0.4, 0.5) is 8.78 Å². The number of likely N-dealkylation sites (tertiary alicyclic amines) is 1. The number of nitriles is 1. The van der Waals surface area contributed by atoms with Gasteiger partial charge in [0.2, 0.25) is 0 Å². The Morgan fingerprint density at radius 3 is 2.62 bits per heavy atom. The van der Waals surface area contributed by atoms with E-state index in [1.807, 2.05) is 13.1 Å². The van der Waals surface area contributed by atoms with Crippen LogP contribution in [0.2, 0.25) is 0 Å². The molecule has 1 aromatic heterocycles. The maximum absolute atomic E-state index is 15.2. The lowest BCUT2D eigenvalue weighted by Gasteiger charge is -2.32. The van der Waals surface area contributed by atoms with Crippen molar-refractivity contribution >= 4 is 5.91 Å². The summed E-state index contributed by atoms with van der Waals surface area (Å²) in [6, 6.07) is 12.8. The highest BCUT2D eigenvalue weighted by Crippen LogP contribution is 2.41. The fourth-order valence-corrected chi connectivity index (χ4v) is 4.56. The van der Waals surface area contributed by atoms with Crippen LogP contribution >= 0.6 is 0 Å². The van der Waals surface area contributed by atoms with Crippen molar-refractivity contribution in [1.29, 1.82) is 5.26 Å². The van der Waals surface area contributed by atoms with E-state index < -0.39 is 11.6 Å². The van der Waals surface area contributed by atoms with E-state index in [0.717, 1.165) is 31.2 Å². The number of likely N-dealkylation sites (N-methyl/N-ethyl adjacent to an activating group) is 1. The van der Waals surface area contributed by atoms with Gasteiger partial charge in [-0.25, -0.2) is 13.5 Å². The second-order valence-electron chi connectivity index (χ2n) is 9.00. The lowest BCUT2D eigenvalue weighted by atomic mass is 10.1. The predicted octanol–water partition coefficient (Wildman–Crippen LogP) is 4.39. The van der Waals surface area contributed by atoms with Crippen LogP contribution in [0.1, 0.15) is 53.2 Å². The summed E-state index contributed by atoms with van der Waals surface area (Å²) < 4.78 is 31.0. The first-order valence-corrected chi connectivity index (χ1v) is 11.5. The molecule has 0 spiro atoms. The third kappa shape index (κ3) is 4.19. The summed E-state index contributed by atoms with van der Waals surface area (Å²) in [6.45, 7) is 1.18. The fourth-order valence-electron chi connectivity index (χ4n) is 4.56. The Hall–Kier alpha value is -3.57. The van der Waals surface area contributed by atoms with Crippen molar-refractivity contribution in [3.8, 4) is 23.0 Å². The first-order chi connectivity index (χ1) is 16.5. The summed E-state index contributed by atoms with van der Waals surface area (Å²) >= 11 is 0. The van der Waals surface area contributed by atoms with E-state index in [4.69, 9.17) is 5.26 Å². The van der Waals surface area contributed by atoms with Gasteiger partial charge >= 0.3 is 0 Å². The lowest BCUT2D eigenvalue weighted by Crippen LogP contribution is -2.47. The van der Waals surface area contributed by atoms with Crippen molar-refractivity contribution in [2.24, 2.45) is 0 Å². The highest BCUT2D eigenvalue weighted by atomic mass is 19.1. The van der Waals surface area contributed by atoms with Gasteiger partial charge in [0, 0.05) is 24.7 Å². The lowest BCUT2D eigenvalue weighted by molar-refractivity contribution is 0.0691. The molecule has 8 heteroatoms. The number of amides is 1. The standard InChI is InChI=1S/C26H25F2N5O/c1-30-20-3-2-10-32(15-20)26(34)23-13-25(18-6-7-19(14-29)21(27)12-18)33(31-23)24-9-8-17(11-22(24)28)16-4-5-16/h6-9,11-13,16,20,30H,2-5,10,15H2,1H3/t20-/m1/s1. The molecule has 1 amide bonds. The van der Waals surface area contributed by atoms with E-state index >= 15 is 4.39 Å². The monoisotopic (exact) mass is 461 g/mol. The smallest absolute Gasteiger partial charge is 0.274 e. The number of hydrogen-bond donors (Lipinski definition) is 1. The Balaban J connectivity index is 1.58. The Bertz CT molecular complexity index is 1290. The molecule has 174 valence electrons. The molecule has 3 aromatic rings. The molecule has 2 heterocycles. The van der Waals surface area contributed by atoms with Crippen molar-refractivity contribution < 1.29 is 13.6 Å². The first-order valence-electron chi connectivity index (χ1n) is 11.5. The molecule has 0 radical (unpaired) electrons. The zero-order valence-electron chi connectivity index (χ0n) is 18.9. The summed E-state index contributed by atoms with van der Waals surface area (Å²) in [6.07, 6.45) is 3.97. The fraction of sp³-hybridized carbons (Fsp3) is 0.346. The molecule has 1 aliphatic carbocycles. The third-order valence-electron chi connectivity index (χ3n) is 6.68. The van der Waals surface area contributed by atoms with Crippen molar-refractivity contribution in [3.05, 3.63) is 70.9 Å². The summed E-state index contributed by atoms with van der Waals surface area (Å²) in [4.78, 5) is 15.0. The molecule has 5 rings (SSSR count).